The molecule has 0 N–H and O–H groups in total. The van der Waals surface area contributed by atoms with Gasteiger partial charge in [-0.1, -0.05) is 12.1 Å². The van der Waals surface area contributed by atoms with Crippen molar-refractivity contribution in [3.05, 3.63) is 29.8 Å². The summed E-state index contributed by atoms with van der Waals surface area (Å²) in [6.45, 7) is 1.47. The van der Waals surface area contributed by atoms with Crippen LogP contribution in [0.4, 0.5) is 5.69 Å². The first-order chi connectivity index (χ1) is 9.37. The van der Waals surface area contributed by atoms with Gasteiger partial charge in [-0.25, -0.2) is 8.42 Å². The number of Topliss-reactive ketones (excluding diaryl/α,β-unsaturated/α-hetero) is 1. The molecule has 1 aromatic carbocycles. The maximum absolute atomic E-state index is 12.1. The van der Waals surface area contributed by atoms with E-state index in [0.717, 1.165) is 0 Å². The molecule has 2 saturated heterocycles. The van der Waals surface area contributed by atoms with Gasteiger partial charge in [-0.3, -0.25) is 9.59 Å². The lowest BCUT2D eigenvalue weighted by molar-refractivity contribution is -0.117. The van der Waals surface area contributed by atoms with Crippen LogP contribution in [0.15, 0.2) is 24.3 Å². The predicted octanol–water partition coefficient (Wildman–Crippen LogP) is 1.04. The van der Waals surface area contributed by atoms with Gasteiger partial charge in [-0.2, -0.15) is 0 Å². The van der Waals surface area contributed by atoms with Gasteiger partial charge < -0.3 is 4.90 Å². The number of fused-ring (bicyclic) bond motifs is 1. The second-order valence-electron chi connectivity index (χ2n) is 5.48. The fourth-order valence-corrected chi connectivity index (χ4v) is 5.17. The van der Waals surface area contributed by atoms with E-state index in [1.807, 2.05) is 0 Å². The Morgan fingerprint density at radius 2 is 2.05 bits per heavy atom. The number of carbonyl (C=O) groups is 2. The van der Waals surface area contributed by atoms with Crippen LogP contribution in [-0.4, -0.2) is 37.7 Å². The number of amides is 1. The fourth-order valence-electron chi connectivity index (χ4n) is 3.10. The van der Waals surface area contributed by atoms with Crippen molar-refractivity contribution in [3.63, 3.8) is 0 Å². The third-order valence-corrected chi connectivity index (χ3v) is 5.79. The van der Waals surface area contributed by atoms with Crippen molar-refractivity contribution in [1.82, 2.24) is 0 Å². The molecule has 2 atom stereocenters. The molecule has 0 saturated carbocycles. The molecule has 0 aromatic heterocycles. The second-order valence-corrected chi connectivity index (χ2v) is 7.63. The van der Waals surface area contributed by atoms with E-state index < -0.39 is 9.84 Å². The summed E-state index contributed by atoms with van der Waals surface area (Å²) in [5, 5.41) is 0. The molecule has 2 heterocycles. The van der Waals surface area contributed by atoms with E-state index in [1.165, 1.54) is 6.92 Å². The number of hydrogen-bond acceptors (Lipinski definition) is 4. The minimum absolute atomic E-state index is 0.0215. The highest BCUT2D eigenvalue weighted by molar-refractivity contribution is 7.91. The van der Waals surface area contributed by atoms with Gasteiger partial charge >= 0.3 is 0 Å². The van der Waals surface area contributed by atoms with E-state index in [2.05, 4.69) is 0 Å². The average molecular weight is 293 g/mol. The Hall–Kier alpha value is -1.69. The van der Waals surface area contributed by atoms with Crippen molar-refractivity contribution < 1.29 is 18.0 Å². The summed E-state index contributed by atoms with van der Waals surface area (Å²) in [7, 11) is -3.06. The monoisotopic (exact) mass is 293 g/mol. The van der Waals surface area contributed by atoms with Crippen molar-refractivity contribution in [3.8, 4) is 0 Å². The third-order valence-electron chi connectivity index (χ3n) is 4.00. The molecule has 2 aliphatic rings. The lowest BCUT2D eigenvalue weighted by atomic mass is 10.0. The quantitative estimate of drug-likeness (QED) is 0.764. The maximum atomic E-state index is 12.1. The Balaban J connectivity index is 1.99. The van der Waals surface area contributed by atoms with E-state index in [9.17, 15) is 18.0 Å². The average Bonchev–Trinajstić information content (AvgIpc) is 2.79. The topological polar surface area (TPSA) is 71.5 Å². The number of nitrogens with zero attached hydrogens (tertiary/aromatic N) is 1. The van der Waals surface area contributed by atoms with Crippen molar-refractivity contribution >= 4 is 27.2 Å². The van der Waals surface area contributed by atoms with E-state index in [4.69, 9.17) is 0 Å². The van der Waals surface area contributed by atoms with E-state index >= 15 is 0 Å². The van der Waals surface area contributed by atoms with Crippen LogP contribution < -0.4 is 4.90 Å². The van der Waals surface area contributed by atoms with Crippen LogP contribution in [-0.2, 0) is 14.6 Å². The summed E-state index contributed by atoms with van der Waals surface area (Å²) in [5.41, 5.74) is 1.15. The Morgan fingerprint density at radius 3 is 2.75 bits per heavy atom. The van der Waals surface area contributed by atoms with Gasteiger partial charge in [0, 0.05) is 23.6 Å². The Labute approximate surface area is 117 Å². The third kappa shape index (κ3) is 2.14. The number of hydrogen-bond donors (Lipinski definition) is 0. The zero-order chi connectivity index (χ0) is 14.5. The summed E-state index contributed by atoms with van der Waals surface area (Å²) in [6, 6.07) is 6.53. The largest absolute Gasteiger partial charge is 0.308 e. The normalized spacial score (nSPS) is 27.6. The van der Waals surface area contributed by atoms with E-state index in [0.29, 0.717) is 11.3 Å². The first-order valence-electron chi connectivity index (χ1n) is 6.51. The molecular weight excluding hydrogens is 278 g/mol. The highest BCUT2D eigenvalue weighted by Crippen LogP contribution is 2.37. The zero-order valence-electron chi connectivity index (χ0n) is 11.1. The molecule has 20 heavy (non-hydrogen) atoms. The van der Waals surface area contributed by atoms with Gasteiger partial charge in [0.05, 0.1) is 17.5 Å². The summed E-state index contributed by atoms with van der Waals surface area (Å²) in [4.78, 5) is 25.1. The zero-order valence-corrected chi connectivity index (χ0v) is 11.9. The number of anilines is 1. The fraction of sp³-hybridized carbons (Fsp3) is 0.429. The molecule has 0 spiro atoms. The van der Waals surface area contributed by atoms with Crippen LogP contribution in [0.25, 0.3) is 0 Å². The van der Waals surface area contributed by atoms with Crippen LogP contribution in [0.5, 0.6) is 0 Å². The molecule has 0 radical (unpaired) electrons. The molecule has 106 valence electrons. The smallest absolute Gasteiger partial charge is 0.227 e. The molecule has 6 heteroatoms. The SMILES string of the molecule is CC(=O)c1cccc(N2C(=O)C[C@H]3CS(=O)(=O)C[C@H]32)c1. The predicted molar refractivity (Wildman–Crippen MR) is 74.5 cm³/mol. The van der Waals surface area contributed by atoms with Gasteiger partial charge in [0.15, 0.2) is 15.6 Å². The number of sulfone groups is 1. The lowest BCUT2D eigenvalue weighted by Crippen LogP contribution is -2.36. The molecule has 1 amide bonds. The van der Waals surface area contributed by atoms with Crippen LogP contribution in [0.3, 0.4) is 0 Å². The summed E-state index contributed by atoms with van der Waals surface area (Å²) in [6.07, 6.45) is 0.272. The minimum atomic E-state index is -3.06. The molecule has 2 aliphatic heterocycles. The lowest BCUT2D eigenvalue weighted by Gasteiger charge is -2.23. The number of benzene rings is 1. The van der Waals surface area contributed by atoms with Crippen molar-refractivity contribution in [2.24, 2.45) is 5.92 Å². The molecule has 0 bridgehead atoms. The number of carbonyl (C=O) groups excluding carboxylic acids is 2. The van der Waals surface area contributed by atoms with Crippen LogP contribution >= 0.6 is 0 Å². The van der Waals surface area contributed by atoms with E-state index in [-0.39, 0.29) is 41.6 Å². The summed E-state index contributed by atoms with van der Waals surface area (Å²) in [5.74, 6) is -0.141. The number of ketones is 1. The molecule has 1 aromatic rings. The Kier molecular flexibility index (Phi) is 2.93. The van der Waals surface area contributed by atoms with Gasteiger partial charge in [-0.05, 0) is 19.1 Å². The van der Waals surface area contributed by atoms with Gasteiger partial charge in [0.2, 0.25) is 5.91 Å². The summed E-state index contributed by atoms with van der Waals surface area (Å²) >= 11 is 0. The highest BCUT2D eigenvalue weighted by Gasteiger charge is 2.49. The summed E-state index contributed by atoms with van der Waals surface area (Å²) < 4.78 is 23.4. The van der Waals surface area contributed by atoms with Crippen LogP contribution in [0.1, 0.15) is 23.7 Å². The molecular formula is C14H15NO4S. The Bertz CT molecular complexity index is 695. The first kappa shape index (κ1) is 13.3. The standard InChI is InChI=1S/C14H15NO4S/c1-9(16)10-3-2-4-12(5-10)15-13-8-20(18,19)7-11(13)6-14(15)17/h2-5,11,13H,6-8H2,1H3/t11-,13+/m0/s1. The molecule has 3 rings (SSSR count). The maximum Gasteiger partial charge on any atom is 0.227 e. The van der Waals surface area contributed by atoms with Gasteiger partial charge in [0.25, 0.3) is 0 Å². The minimum Gasteiger partial charge on any atom is -0.308 e. The number of rotatable bonds is 2. The molecule has 2 fully saturated rings. The van der Waals surface area contributed by atoms with Gasteiger partial charge in [0.1, 0.15) is 0 Å². The first-order valence-corrected chi connectivity index (χ1v) is 8.33. The Morgan fingerprint density at radius 1 is 1.30 bits per heavy atom. The van der Waals surface area contributed by atoms with Crippen molar-refractivity contribution in [2.45, 2.75) is 19.4 Å². The van der Waals surface area contributed by atoms with Gasteiger partial charge in [-0.15, -0.1) is 0 Å². The van der Waals surface area contributed by atoms with Crippen molar-refractivity contribution in [2.75, 3.05) is 16.4 Å². The molecule has 0 aliphatic carbocycles. The van der Waals surface area contributed by atoms with E-state index in [1.54, 1.807) is 29.2 Å². The van der Waals surface area contributed by atoms with Crippen molar-refractivity contribution in [1.29, 1.82) is 0 Å². The van der Waals surface area contributed by atoms with Crippen LogP contribution in [0.2, 0.25) is 0 Å². The molecule has 5 nitrogen and oxygen atoms in total. The van der Waals surface area contributed by atoms with Crippen LogP contribution in [0, 0.1) is 5.92 Å². The molecule has 0 unspecified atom stereocenters. The highest BCUT2D eigenvalue weighted by atomic mass is 32.2. The second kappa shape index (κ2) is 4.41.